The van der Waals surface area contributed by atoms with Crippen molar-refractivity contribution in [3.63, 3.8) is 0 Å². The van der Waals surface area contributed by atoms with Crippen LogP contribution in [0.1, 0.15) is 32.0 Å². The third-order valence-electron chi connectivity index (χ3n) is 6.38. The van der Waals surface area contributed by atoms with E-state index in [2.05, 4.69) is 16.4 Å². The van der Waals surface area contributed by atoms with Gasteiger partial charge in [0.25, 0.3) is 0 Å². The lowest BCUT2D eigenvalue weighted by molar-refractivity contribution is 0.0981. The number of rotatable bonds is 6. The Morgan fingerprint density at radius 1 is 1.29 bits per heavy atom. The number of morpholine rings is 1. The average Bonchev–Trinajstić information content (AvgIpc) is 3.20. The number of ether oxygens (including phenoxy) is 2. The predicted octanol–water partition coefficient (Wildman–Crippen LogP) is 2.24. The van der Waals surface area contributed by atoms with Gasteiger partial charge in [-0.15, -0.1) is 0 Å². The van der Waals surface area contributed by atoms with Crippen molar-refractivity contribution in [1.82, 2.24) is 19.5 Å². The molecule has 3 heterocycles. The summed E-state index contributed by atoms with van der Waals surface area (Å²) in [6.45, 7) is 6.78. The Labute approximate surface area is 204 Å². The topological polar surface area (TPSA) is 135 Å². The van der Waals surface area contributed by atoms with E-state index in [-0.39, 0.29) is 17.7 Å². The van der Waals surface area contributed by atoms with E-state index < -0.39 is 14.6 Å². The van der Waals surface area contributed by atoms with Crippen LogP contribution >= 0.6 is 0 Å². The minimum absolute atomic E-state index is 0.0175. The smallest absolute Gasteiger partial charge is 0.239 e. The van der Waals surface area contributed by atoms with Gasteiger partial charge in [-0.1, -0.05) is 0 Å². The van der Waals surface area contributed by atoms with Crippen LogP contribution in [0.4, 0.5) is 11.8 Å². The second kappa shape index (κ2) is 8.98. The SMILES string of the molecule is CNc1nc2cc(C#N)ccc2n1-c1nc(N2CCOC[C@H]2C)c(OC)c(C(C)(C)S(C)(=O)=O)n1. The largest absolute Gasteiger partial charge is 0.491 e. The van der Waals surface area contributed by atoms with Gasteiger partial charge < -0.3 is 19.7 Å². The van der Waals surface area contributed by atoms with Gasteiger partial charge in [0.15, 0.2) is 21.4 Å². The number of anilines is 2. The Hall–Kier alpha value is -3.43. The van der Waals surface area contributed by atoms with Crippen molar-refractivity contribution in [3.05, 3.63) is 29.5 Å². The Morgan fingerprint density at radius 3 is 2.63 bits per heavy atom. The van der Waals surface area contributed by atoms with Crippen LogP contribution in [-0.4, -0.2) is 74.2 Å². The standard InChI is InChI=1S/C23H29N7O4S/c1-14-13-34-10-9-29(14)20-18(33-5)19(23(2,3)35(6,31)32)27-22(28-20)30-17-8-7-15(12-24)11-16(17)26-21(30)25-4/h7-8,11,14H,9-10,13H2,1-6H3,(H,25,26)/t14-/m1/s1. The lowest BCUT2D eigenvalue weighted by atomic mass is 10.1. The maximum absolute atomic E-state index is 12.9. The highest BCUT2D eigenvalue weighted by molar-refractivity contribution is 7.91. The molecule has 35 heavy (non-hydrogen) atoms. The summed E-state index contributed by atoms with van der Waals surface area (Å²) in [5, 5.41) is 12.4. The normalized spacial score (nSPS) is 16.8. The number of hydrogen-bond acceptors (Lipinski definition) is 10. The van der Waals surface area contributed by atoms with E-state index in [1.165, 1.54) is 13.4 Å². The lowest BCUT2D eigenvalue weighted by Gasteiger charge is -2.36. The molecule has 12 heteroatoms. The van der Waals surface area contributed by atoms with Gasteiger partial charge >= 0.3 is 0 Å². The molecule has 1 atom stereocenters. The Balaban J connectivity index is 2.08. The van der Waals surface area contributed by atoms with Crippen LogP contribution in [0, 0.1) is 11.3 Å². The number of nitrogens with zero attached hydrogens (tertiary/aromatic N) is 6. The fraction of sp³-hybridized carbons (Fsp3) is 0.478. The molecule has 1 aliphatic rings. The quantitative estimate of drug-likeness (QED) is 0.538. The van der Waals surface area contributed by atoms with Gasteiger partial charge in [0.1, 0.15) is 10.4 Å². The number of methoxy groups -OCH3 is 1. The molecule has 1 aromatic carbocycles. The lowest BCUT2D eigenvalue weighted by Crippen LogP contribution is -2.45. The van der Waals surface area contributed by atoms with Crippen LogP contribution < -0.4 is 15.0 Å². The highest BCUT2D eigenvalue weighted by Gasteiger charge is 2.40. The Kier molecular flexibility index (Phi) is 6.33. The molecule has 2 aromatic heterocycles. The summed E-state index contributed by atoms with van der Waals surface area (Å²) >= 11 is 0. The highest BCUT2D eigenvalue weighted by atomic mass is 32.2. The first kappa shape index (κ1) is 24.7. The van der Waals surface area contributed by atoms with Crippen molar-refractivity contribution in [2.75, 3.05) is 50.4 Å². The first-order valence-corrected chi connectivity index (χ1v) is 13.0. The maximum Gasteiger partial charge on any atom is 0.239 e. The zero-order valence-corrected chi connectivity index (χ0v) is 21.5. The summed E-state index contributed by atoms with van der Waals surface area (Å²) in [6, 6.07) is 7.25. The van der Waals surface area contributed by atoms with E-state index in [4.69, 9.17) is 19.4 Å². The molecule has 4 rings (SSSR count). The van der Waals surface area contributed by atoms with E-state index in [0.717, 1.165) is 0 Å². The number of benzene rings is 1. The minimum atomic E-state index is -3.59. The molecule has 0 saturated carbocycles. The monoisotopic (exact) mass is 499 g/mol. The number of hydrogen-bond donors (Lipinski definition) is 1. The molecule has 3 aromatic rings. The third-order valence-corrected chi connectivity index (χ3v) is 8.43. The molecule has 1 saturated heterocycles. The fourth-order valence-corrected chi connectivity index (χ4v) is 4.54. The molecule has 11 nitrogen and oxygen atoms in total. The van der Waals surface area contributed by atoms with Crippen LogP contribution in [0.2, 0.25) is 0 Å². The minimum Gasteiger partial charge on any atom is -0.491 e. The predicted molar refractivity (Wildman–Crippen MR) is 133 cm³/mol. The number of imidazole rings is 1. The van der Waals surface area contributed by atoms with Gasteiger partial charge in [-0.2, -0.15) is 10.2 Å². The summed E-state index contributed by atoms with van der Waals surface area (Å²) in [4.78, 5) is 16.3. The van der Waals surface area contributed by atoms with Gasteiger partial charge in [-0.3, -0.25) is 0 Å². The summed E-state index contributed by atoms with van der Waals surface area (Å²) in [5.74, 6) is 1.48. The fourth-order valence-electron chi connectivity index (χ4n) is 4.06. The van der Waals surface area contributed by atoms with E-state index in [1.54, 1.807) is 43.7 Å². The van der Waals surface area contributed by atoms with Gasteiger partial charge in [0.05, 0.1) is 49.0 Å². The zero-order valence-electron chi connectivity index (χ0n) is 20.7. The zero-order chi connectivity index (χ0) is 25.5. The summed E-state index contributed by atoms with van der Waals surface area (Å²) in [7, 11) is -0.381. The van der Waals surface area contributed by atoms with E-state index in [0.29, 0.717) is 53.9 Å². The number of nitrogens with one attached hydrogen (secondary N) is 1. The van der Waals surface area contributed by atoms with Crippen LogP contribution in [0.3, 0.4) is 0 Å². The van der Waals surface area contributed by atoms with Gasteiger partial charge in [0, 0.05) is 19.8 Å². The van der Waals surface area contributed by atoms with Gasteiger partial charge in [0.2, 0.25) is 11.9 Å². The number of fused-ring (bicyclic) bond motifs is 1. The molecule has 186 valence electrons. The number of aromatic nitrogens is 4. The van der Waals surface area contributed by atoms with E-state index in [9.17, 15) is 13.7 Å². The first-order valence-electron chi connectivity index (χ1n) is 11.1. The van der Waals surface area contributed by atoms with E-state index >= 15 is 0 Å². The molecule has 0 unspecified atom stereocenters. The van der Waals surface area contributed by atoms with Crippen molar-refractivity contribution in [2.24, 2.45) is 0 Å². The molecule has 1 N–H and O–H groups in total. The highest BCUT2D eigenvalue weighted by Crippen LogP contribution is 2.41. The molecule has 0 spiro atoms. The van der Waals surface area contributed by atoms with Crippen molar-refractivity contribution >= 4 is 32.6 Å². The van der Waals surface area contributed by atoms with Crippen molar-refractivity contribution in [3.8, 4) is 17.8 Å². The van der Waals surface area contributed by atoms with Crippen LogP contribution in [0.25, 0.3) is 17.0 Å². The third kappa shape index (κ3) is 4.15. The van der Waals surface area contributed by atoms with Crippen molar-refractivity contribution in [2.45, 2.75) is 31.6 Å². The molecule has 0 radical (unpaired) electrons. The number of sulfone groups is 1. The average molecular weight is 500 g/mol. The van der Waals surface area contributed by atoms with Crippen LogP contribution in [-0.2, 0) is 19.3 Å². The number of nitriles is 1. The van der Waals surface area contributed by atoms with Crippen LogP contribution in [0.5, 0.6) is 5.75 Å². The van der Waals surface area contributed by atoms with Gasteiger partial charge in [-0.05, 0) is 39.0 Å². The summed E-state index contributed by atoms with van der Waals surface area (Å²) in [6.07, 6.45) is 1.18. The van der Waals surface area contributed by atoms with Crippen LogP contribution in [0.15, 0.2) is 18.2 Å². The van der Waals surface area contributed by atoms with Gasteiger partial charge in [-0.25, -0.2) is 23.0 Å². The molecular weight excluding hydrogens is 470 g/mol. The molecule has 1 aliphatic heterocycles. The van der Waals surface area contributed by atoms with Crippen molar-refractivity contribution < 1.29 is 17.9 Å². The molecule has 0 aliphatic carbocycles. The molecule has 1 fully saturated rings. The van der Waals surface area contributed by atoms with Crippen molar-refractivity contribution in [1.29, 1.82) is 5.26 Å². The maximum atomic E-state index is 12.9. The molecular formula is C23H29N7O4S. The second-order valence-electron chi connectivity index (χ2n) is 8.96. The molecule has 0 bridgehead atoms. The molecule has 0 amide bonds. The summed E-state index contributed by atoms with van der Waals surface area (Å²) in [5.41, 5.74) is 1.97. The first-order chi connectivity index (χ1) is 16.5. The Bertz CT molecular complexity index is 1430. The Morgan fingerprint density at radius 2 is 2.03 bits per heavy atom. The summed E-state index contributed by atoms with van der Waals surface area (Å²) < 4.78 is 37.4. The second-order valence-corrected chi connectivity index (χ2v) is 11.5. The van der Waals surface area contributed by atoms with E-state index in [1.807, 2.05) is 11.8 Å².